The van der Waals surface area contributed by atoms with Gasteiger partial charge >= 0.3 is 0 Å². The van der Waals surface area contributed by atoms with Gasteiger partial charge in [0.05, 0.1) is 20.0 Å². The lowest BCUT2D eigenvalue weighted by atomic mass is 10.2. The summed E-state index contributed by atoms with van der Waals surface area (Å²) in [6.07, 6.45) is 1.46. The van der Waals surface area contributed by atoms with Crippen LogP contribution in [-0.2, 0) is 6.54 Å². The van der Waals surface area contributed by atoms with Gasteiger partial charge in [-0.25, -0.2) is 9.37 Å². The fourth-order valence-electron chi connectivity index (χ4n) is 1.64. The third kappa shape index (κ3) is 2.56. The highest BCUT2D eigenvalue weighted by Crippen LogP contribution is 2.17. The molecule has 0 radical (unpaired) electrons. The predicted molar refractivity (Wildman–Crippen MR) is 65.3 cm³/mol. The molecule has 0 atom stereocenters. The van der Waals surface area contributed by atoms with E-state index >= 15 is 0 Å². The first kappa shape index (κ1) is 12.3. The van der Waals surface area contributed by atoms with Crippen LogP contribution in [0.4, 0.5) is 4.39 Å². The monoisotopic (exact) mass is 248 g/mol. The second-order valence-corrected chi connectivity index (χ2v) is 3.97. The molecule has 1 aromatic heterocycles. The lowest BCUT2D eigenvalue weighted by Gasteiger charge is -2.07. The molecule has 18 heavy (non-hydrogen) atoms. The molecule has 0 aliphatic heterocycles. The zero-order chi connectivity index (χ0) is 13.1. The van der Waals surface area contributed by atoms with Gasteiger partial charge in [-0.3, -0.25) is 9.36 Å². The number of aryl methyl sites for hydroxylation is 1. The molecule has 0 saturated heterocycles. The summed E-state index contributed by atoms with van der Waals surface area (Å²) in [6, 6.07) is 6.05. The fraction of sp³-hybridized carbons (Fsp3) is 0.231. The standard InChI is InChI=1S/C13H13FN2O2/c1-9-5-13(17)16(8-15-9)7-10-3-4-12(18-2)11(14)6-10/h3-6,8H,7H2,1-2H3. The number of aromatic nitrogens is 2. The van der Waals surface area contributed by atoms with Gasteiger partial charge in [0.2, 0.25) is 0 Å². The van der Waals surface area contributed by atoms with Crippen LogP contribution < -0.4 is 10.3 Å². The normalized spacial score (nSPS) is 10.4. The molecule has 0 saturated carbocycles. The molecule has 0 bridgehead atoms. The van der Waals surface area contributed by atoms with E-state index in [-0.39, 0.29) is 17.9 Å². The Balaban J connectivity index is 2.29. The van der Waals surface area contributed by atoms with Gasteiger partial charge < -0.3 is 4.74 Å². The number of benzene rings is 1. The Morgan fingerprint density at radius 3 is 2.78 bits per heavy atom. The van der Waals surface area contributed by atoms with E-state index in [1.165, 1.54) is 36.2 Å². The van der Waals surface area contributed by atoms with Crippen LogP contribution >= 0.6 is 0 Å². The minimum Gasteiger partial charge on any atom is -0.494 e. The van der Waals surface area contributed by atoms with E-state index in [0.29, 0.717) is 11.3 Å². The summed E-state index contributed by atoms with van der Waals surface area (Å²) in [5.41, 5.74) is 1.19. The van der Waals surface area contributed by atoms with Crippen molar-refractivity contribution in [2.45, 2.75) is 13.5 Å². The van der Waals surface area contributed by atoms with Crippen molar-refractivity contribution < 1.29 is 9.13 Å². The molecule has 0 N–H and O–H groups in total. The van der Waals surface area contributed by atoms with Crippen LogP contribution in [0.2, 0.25) is 0 Å². The van der Waals surface area contributed by atoms with Crippen molar-refractivity contribution in [1.82, 2.24) is 9.55 Å². The molecule has 0 aliphatic carbocycles. The van der Waals surface area contributed by atoms with Gasteiger partial charge in [0.1, 0.15) is 0 Å². The number of hydrogen-bond acceptors (Lipinski definition) is 3. The van der Waals surface area contributed by atoms with Crippen molar-refractivity contribution in [3.8, 4) is 5.75 Å². The first-order chi connectivity index (χ1) is 8.60. The van der Waals surface area contributed by atoms with Crippen molar-refractivity contribution in [2.75, 3.05) is 7.11 Å². The Labute approximate surface area is 104 Å². The van der Waals surface area contributed by atoms with Crippen LogP contribution in [0.3, 0.4) is 0 Å². The van der Waals surface area contributed by atoms with Crippen molar-refractivity contribution in [2.24, 2.45) is 0 Å². The molecule has 1 heterocycles. The number of ether oxygens (including phenoxy) is 1. The maximum absolute atomic E-state index is 13.5. The molecular weight excluding hydrogens is 235 g/mol. The Morgan fingerprint density at radius 1 is 1.39 bits per heavy atom. The maximum Gasteiger partial charge on any atom is 0.253 e. The average Bonchev–Trinajstić information content (AvgIpc) is 2.33. The highest BCUT2D eigenvalue weighted by molar-refractivity contribution is 5.29. The molecule has 0 unspecified atom stereocenters. The first-order valence-corrected chi connectivity index (χ1v) is 5.45. The fourth-order valence-corrected chi connectivity index (χ4v) is 1.64. The van der Waals surface area contributed by atoms with E-state index in [1.54, 1.807) is 13.0 Å². The summed E-state index contributed by atoms with van der Waals surface area (Å²) in [7, 11) is 1.41. The highest BCUT2D eigenvalue weighted by atomic mass is 19.1. The second-order valence-electron chi connectivity index (χ2n) is 3.97. The van der Waals surface area contributed by atoms with Crippen LogP contribution in [0.1, 0.15) is 11.3 Å². The molecule has 0 fully saturated rings. The predicted octanol–water partition coefficient (Wildman–Crippen LogP) is 1.75. The Hall–Kier alpha value is -2.17. The Bertz CT molecular complexity index is 623. The third-order valence-electron chi connectivity index (χ3n) is 2.59. The van der Waals surface area contributed by atoms with Crippen molar-refractivity contribution in [3.63, 3.8) is 0 Å². The van der Waals surface area contributed by atoms with Gasteiger partial charge in [-0.1, -0.05) is 6.07 Å². The van der Waals surface area contributed by atoms with E-state index in [0.717, 1.165) is 0 Å². The topological polar surface area (TPSA) is 44.1 Å². The van der Waals surface area contributed by atoms with Gasteiger partial charge in [-0.15, -0.1) is 0 Å². The van der Waals surface area contributed by atoms with Crippen LogP contribution in [-0.4, -0.2) is 16.7 Å². The first-order valence-electron chi connectivity index (χ1n) is 5.45. The third-order valence-corrected chi connectivity index (χ3v) is 2.59. The van der Waals surface area contributed by atoms with Crippen LogP contribution in [0.15, 0.2) is 35.4 Å². The van der Waals surface area contributed by atoms with E-state index in [1.807, 2.05) is 0 Å². The van der Waals surface area contributed by atoms with Crippen molar-refractivity contribution >= 4 is 0 Å². The highest BCUT2D eigenvalue weighted by Gasteiger charge is 2.05. The lowest BCUT2D eigenvalue weighted by Crippen LogP contribution is -2.20. The number of halogens is 1. The second kappa shape index (κ2) is 5.00. The molecule has 1 aromatic carbocycles. The van der Waals surface area contributed by atoms with Gasteiger partial charge in [0.25, 0.3) is 5.56 Å². The summed E-state index contributed by atoms with van der Waals surface area (Å²) in [6.45, 7) is 2.03. The smallest absolute Gasteiger partial charge is 0.253 e. The summed E-state index contributed by atoms with van der Waals surface area (Å²) in [5, 5.41) is 0. The van der Waals surface area contributed by atoms with Crippen LogP contribution in [0, 0.1) is 12.7 Å². The van der Waals surface area contributed by atoms with Gasteiger partial charge in [-0.2, -0.15) is 0 Å². The zero-order valence-electron chi connectivity index (χ0n) is 10.2. The zero-order valence-corrected chi connectivity index (χ0v) is 10.2. The van der Waals surface area contributed by atoms with Crippen LogP contribution in [0.5, 0.6) is 5.75 Å². The Morgan fingerprint density at radius 2 is 2.17 bits per heavy atom. The molecular formula is C13H13FN2O2. The Kier molecular flexibility index (Phi) is 3.41. The number of methoxy groups -OCH3 is 1. The van der Waals surface area contributed by atoms with Crippen LogP contribution in [0.25, 0.3) is 0 Å². The van der Waals surface area contributed by atoms with Gasteiger partial charge in [0.15, 0.2) is 11.6 Å². The molecule has 4 nitrogen and oxygen atoms in total. The number of rotatable bonds is 3. The molecule has 2 aromatic rings. The van der Waals surface area contributed by atoms with E-state index in [4.69, 9.17) is 4.74 Å². The van der Waals surface area contributed by atoms with Gasteiger partial charge in [0, 0.05) is 11.8 Å². The van der Waals surface area contributed by atoms with Gasteiger partial charge in [-0.05, 0) is 24.6 Å². The number of hydrogen-bond donors (Lipinski definition) is 0. The maximum atomic E-state index is 13.5. The molecule has 94 valence electrons. The van der Waals surface area contributed by atoms with E-state index < -0.39 is 5.82 Å². The molecule has 0 aliphatic rings. The van der Waals surface area contributed by atoms with E-state index in [2.05, 4.69) is 4.98 Å². The summed E-state index contributed by atoms with van der Waals surface area (Å²) < 4.78 is 19.7. The molecule has 0 spiro atoms. The lowest BCUT2D eigenvalue weighted by molar-refractivity contribution is 0.386. The summed E-state index contributed by atoms with van der Waals surface area (Å²) in [5.74, 6) is -0.253. The average molecular weight is 248 g/mol. The SMILES string of the molecule is COc1ccc(Cn2cnc(C)cc2=O)cc1F. The van der Waals surface area contributed by atoms with Crippen molar-refractivity contribution in [3.05, 3.63) is 58.0 Å². The summed E-state index contributed by atoms with van der Waals surface area (Å²) in [4.78, 5) is 15.7. The van der Waals surface area contributed by atoms with E-state index in [9.17, 15) is 9.18 Å². The largest absolute Gasteiger partial charge is 0.494 e. The minimum absolute atomic E-state index is 0.154. The van der Waals surface area contributed by atoms with Crippen molar-refractivity contribution in [1.29, 1.82) is 0 Å². The number of nitrogens with zero attached hydrogens (tertiary/aromatic N) is 2. The summed E-state index contributed by atoms with van der Waals surface area (Å²) >= 11 is 0. The molecule has 5 heteroatoms. The molecule has 0 amide bonds. The molecule has 2 rings (SSSR count). The minimum atomic E-state index is -0.442. The quantitative estimate of drug-likeness (QED) is 0.831.